The van der Waals surface area contributed by atoms with Crippen LogP contribution < -0.4 is 0 Å². The minimum Gasteiger partial charge on any atom is -0.466 e. The Labute approximate surface area is 117 Å². The van der Waals surface area contributed by atoms with E-state index in [0.717, 1.165) is 28.1 Å². The van der Waals surface area contributed by atoms with Crippen LogP contribution in [-0.2, 0) is 21.7 Å². The molecule has 0 N–H and O–H groups in total. The monoisotopic (exact) mass is 287 g/mol. The minimum absolute atomic E-state index is 0.138. The van der Waals surface area contributed by atoms with Gasteiger partial charge >= 0.3 is 5.97 Å². The van der Waals surface area contributed by atoms with Crippen LogP contribution in [0.1, 0.15) is 37.9 Å². The number of rotatable bonds is 8. The summed E-state index contributed by atoms with van der Waals surface area (Å²) in [5, 5.41) is 3.20. The maximum Gasteiger partial charge on any atom is 0.306 e. The fraction of sp³-hybridized carbons (Fsp3) is 0.692. The van der Waals surface area contributed by atoms with Crippen LogP contribution in [0.25, 0.3) is 0 Å². The van der Waals surface area contributed by atoms with Gasteiger partial charge in [-0.1, -0.05) is 13.8 Å². The molecule has 0 aromatic carbocycles. The van der Waals surface area contributed by atoms with Crippen molar-refractivity contribution in [2.24, 2.45) is 5.92 Å². The third-order valence-corrected chi connectivity index (χ3v) is 4.63. The largest absolute Gasteiger partial charge is 0.466 e. The Morgan fingerprint density at radius 3 is 3.00 bits per heavy atom. The number of esters is 1. The van der Waals surface area contributed by atoms with E-state index in [9.17, 15) is 4.79 Å². The first kappa shape index (κ1) is 15.5. The Balaban J connectivity index is 2.27. The second-order valence-electron chi connectivity index (χ2n) is 4.45. The van der Waals surface area contributed by atoms with Crippen molar-refractivity contribution in [3.05, 3.63) is 16.1 Å². The van der Waals surface area contributed by atoms with Crippen molar-refractivity contribution in [1.29, 1.82) is 0 Å². The van der Waals surface area contributed by atoms with Crippen LogP contribution in [0.15, 0.2) is 5.38 Å². The van der Waals surface area contributed by atoms with Crippen molar-refractivity contribution in [2.45, 2.75) is 39.4 Å². The number of nitrogens with zero attached hydrogens (tertiary/aromatic N) is 1. The molecule has 18 heavy (non-hydrogen) atoms. The second-order valence-corrected chi connectivity index (χ2v) is 6.42. The Hall–Kier alpha value is -0.550. The number of aryl methyl sites for hydroxylation is 1. The van der Waals surface area contributed by atoms with Crippen LogP contribution in [0.2, 0.25) is 0 Å². The minimum atomic E-state index is -0.138. The van der Waals surface area contributed by atoms with Gasteiger partial charge in [-0.3, -0.25) is 4.79 Å². The van der Waals surface area contributed by atoms with Gasteiger partial charge in [-0.15, -0.1) is 11.3 Å². The van der Waals surface area contributed by atoms with Gasteiger partial charge in [0.25, 0.3) is 0 Å². The van der Waals surface area contributed by atoms with E-state index in [-0.39, 0.29) is 5.97 Å². The first-order valence-corrected chi connectivity index (χ1v) is 8.32. The Morgan fingerprint density at radius 1 is 1.56 bits per heavy atom. The van der Waals surface area contributed by atoms with Crippen molar-refractivity contribution in [3.8, 4) is 0 Å². The molecule has 0 bridgehead atoms. The van der Waals surface area contributed by atoms with Gasteiger partial charge in [-0.05, 0) is 18.6 Å². The van der Waals surface area contributed by atoms with Gasteiger partial charge in [0.15, 0.2) is 0 Å². The maximum absolute atomic E-state index is 11.2. The Kier molecular flexibility index (Phi) is 7.35. The van der Waals surface area contributed by atoms with Crippen LogP contribution in [0.4, 0.5) is 0 Å². The highest BCUT2D eigenvalue weighted by Gasteiger charge is 2.06. The molecule has 0 aliphatic carbocycles. The standard InChI is InChI=1S/C13H21NO2S2/c1-4-16-13(15)6-5-11-8-18-12(14-11)9-17-7-10(2)3/h8,10H,4-7,9H2,1-3H3. The molecule has 0 saturated heterocycles. The summed E-state index contributed by atoms with van der Waals surface area (Å²) in [7, 11) is 0. The van der Waals surface area contributed by atoms with E-state index in [1.807, 2.05) is 24.1 Å². The third-order valence-electron chi connectivity index (χ3n) is 2.17. The zero-order valence-corrected chi connectivity index (χ0v) is 12.9. The van der Waals surface area contributed by atoms with Crippen molar-refractivity contribution in [1.82, 2.24) is 4.98 Å². The van der Waals surface area contributed by atoms with Gasteiger partial charge in [0.05, 0.1) is 18.7 Å². The van der Waals surface area contributed by atoms with Gasteiger partial charge in [0.2, 0.25) is 0 Å². The lowest BCUT2D eigenvalue weighted by Gasteiger charge is -2.01. The number of hydrogen-bond donors (Lipinski definition) is 0. The van der Waals surface area contributed by atoms with Gasteiger partial charge < -0.3 is 4.74 Å². The van der Waals surface area contributed by atoms with Gasteiger partial charge in [0, 0.05) is 17.6 Å². The lowest BCUT2D eigenvalue weighted by atomic mass is 10.2. The van der Waals surface area contributed by atoms with Crippen LogP contribution in [0.5, 0.6) is 0 Å². The first-order chi connectivity index (χ1) is 8.61. The van der Waals surface area contributed by atoms with Gasteiger partial charge in [-0.2, -0.15) is 11.8 Å². The van der Waals surface area contributed by atoms with E-state index >= 15 is 0 Å². The molecule has 3 nitrogen and oxygen atoms in total. The normalized spacial score (nSPS) is 10.9. The lowest BCUT2D eigenvalue weighted by Crippen LogP contribution is -2.05. The van der Waals surface area contributed by atoms with Crippen molar-refractivity contribution in [3.63, 3.8) is 0 Å². The summed E-state index contributed by atoms with van der Waals surface area (Å²) in [5.41, 5.74) is 1.01. The summed E-state index contributed by atoms with van der Waals surface area (Å²) >= 11 is 3.60. The molecule has 0 unspecified atom stereocenters. The number of hydrogen-bond acceptors (Lipinski definition) is 5. The summed E-state index contributed by atoms with van der Waals surface area (Å²) < 4.78 is 4.89. The molecule has 0 fully saturated rings. The average molecular weight is 287 g/mol. The maximum atomic E-state index is 11.2. The number of ether oxygens (including phenoxy) is 1. The lowest BCUT2D eigenvalue weighted by molar-refractivity contribution is -0.143. The molecule has 0 aliphatic rings. The summed E-state index contributed by atoms with van der Waals surface area (Å²) in [6.07, 6.45) is 1.11. The summed E-state index contributed by atoms with van der Waals surface area (Å²) in [5.74, 6) is 2.72. The van der Waals surface area contributed by atoms with E-state index in [2.05, 4.69) is 18.8 Å². The van der Waals surface area contributed by atoms with Crippen molar-refractivity contribution in [2.75, 3.05) is 12.4 Å². The molecular formula is C13H21NO2S2. The fourth-order valence-electron chi connectivity index (χ4n) is 1.38. The molecule has 102 valence electrons. The number of thioether (sulfide) groups is 1. The molecule has 1 aromatic rings. The molecular weight excluding hydrogens is 266 g/mol. The molecule has 5 heteroatoms. The van der Waals surface area contributed by atoms with Gasteiger partial charge in [0.1, 0.15) is 5.01 Å². The Morgan fingerprint density at radius 2 is 2.33 bits per heavy atom. The zero-order valence-electron chi connectivity index (χ0n) is 11.3. The first-order valence-electron chi connectivity index (χ1n) is 6.28. The predicted molar refractivity (Wildman–Crippen MR) is 78.1 cm³/mol. The molecule has 0 radical (unpaired) electrons. The molecule has 1 rings (SSSR count). The zero-order chi connectivity index (χ0) is 13.4. The van der Waals surface area contributed by atoms with Crippen molar-refractivity contribution >= 4 is 29.1 Å². The highest BCUT2D eigenvalue weighted by atomic mass is 32.2. The third kappa shape index (κ3) is 6.40. The van der Waals surface area contributed by atoms with Crippen molar-refractivity contribution < 1.29 is 9.53 Å². The molecule has 0 spiro atoms. The number of carbonyl (C=O) groups is 1. The number of thiazole rings is 1. The molecule has 0 amide bonds. The van der Waals surface area contributed by atoms with E-state index in [0.29, 0.717) is 19.4 Å². The fourth-order valence-corrected chi connectivity index (χ4v) is 3.34. The molecule has 1 aromatic heterocycles. The Bertz CT molecular complexity index is 364. The van der Waals surface area contributed by atoms with E-state index in [1.54, 1.807) is 11.3 Å². The SMILES string of the molecule is CCOC(=O)CCc1csc(CSCC(C)C)n1. The predicted octanol–water partition coefficient (Wildman–Crippen LogP) is 3.53. The molecule has 0 saturated carbocycles. The van der Waals surface area contributed by atoms with Crippen LogP contribution >= 0.6 is 23.1 Å². The highest BCUT2D eigenvalue weighted by Crippen LogP contribution is 2.19. The van der Waals surface area contributed by atoms with Crippen LogP contribution in [-0.4, -0.2) is 23.3 Å². The second kappa shape index (κ2) is 8.53. The van der Waals surface area contributed by atoms with Crippen LogP contribution in [0, 0.1) is 5.92 Å². The smallest absolute Gasteiger partial charge is 0.306 e. The van der Waals surface area contributed by atoms with Gasteiger partial charge in [-0.25, -0.2) is 4.98 Å². The topological polar surface area (TPSA) is 39.2 Å². The van der Waals surface area contributed by atoms with E-state index in [4.69, 9.17) is 4.74 Å². The summed E-state index contributed by atoms with van der Waals surface area (Å²) in [4.78, 5) is 15.7. The number of carbonyl (C=O) groups excluding carboxylic acids is 1. The van der Waals surface area contributed by atoms with Crippen LogP contribution in [0.3, 0.4) is 0 Å². The quantitative estimate of drug-likeness (QED) is 0.686. The molecule has 0 aliphatic heterocycles. The highest BCUT2D eigenvalue weighted by molar-refractivity contribution is 7.98. The van der Waals surface area contributed by atoms with E-state index < -0.39 is 0 Å². The molecule has 1 heterocycles. The number of aromatic nitrogens is 1. The van der Waals surface area contributed by atoms with E-state index in [1.165, 1.54) is 0 Å². The summed E-state index contributed by atoms with van der Waals surface area (Å²) in [6, 6.07) is 0. The molecule has 0 atom stereocenters. The average Bonchev–Trinajstić information content (AvgIpc) is 2.74. The summed E-state index contributed by atoms with van der Waals surface area (Å²) in [6.45, 7) is 6.72.